The van der Waals surface area contributed by atoms with Crippen LogP contribution in [0.2, 0.25) is 0 Å². The third-order valence-electron chi connectivity index (χ3n) is 4.22. The molecule has 1 aromatic heterocycles. The predicted octanol–water partition coefficient (Wildman–Crippen LogP) is 0.313. The summed E-state index contributed by atoms with van der Waals surface area (Å²) in [5.41, 5.74) is 0. The molecule has 3 rings (SSSR count). The predicted molar refractivity (Wildman–Crippen MR) is 95.0 cm³/mol. The van der Waals surface area contributed by atoms with E-state index in [-0.39, 0.29) is 36.6 Å². The number of hydrogen-bond acceptors (Lipinski definition) is 5. The summed E-state index contributed by atoms with van der Waals surface area (Å²) >= 11 is 0. The number of carbonyl (C=O) groups excluding carboxylic acids is 2. The minimum Gasteiger partial charge on any atom is -0.459 e. The Morgan fingerprint density at radius 3 is 2.21 bits per heavy atom. The molecule has 0 unspecified atom stereocenters. The molecule has 0 bridgehead atoms. The number of rotatable bonds is 3. The number of furan rings is 1. The van der Waals surface area contributed by atoms with Crippen molar-refractivity contribution in [3.05, 3.63) is 24.2 Å². The van der Waals surface area contributed by atoms with E-state index >= 15 is 0 Å². The maximum absolute atomic E-state index is 12.3. The Hall–Kier alpha value is -1.28. The second-order valence-electron chi connectivity index (χ2n) is 5.68. The van der Waals surface area contributed by atoms with Crippen molar-refractivity contribution in [1.82, 2.24) is 20.0 Å². The third kappa shape index (κ3) is 5.11. The van der Waals surface area contributed by atoms with Crippen LogP contribution in [0.15, 0.2) is 22.8 Å². The number of carbonyl (C=O) groups is 2. The first-order chi connectivity index (χ1) is 10.7. The highest BCUT2D eigenvalue weighted by Gasteiger charge is 2.26. The third-order valence-corrected chi connectivity index (χ3v) is 4.22. The van der Waals surface area contributed by atoms with E-state index in [1.807, 2.05) is 4.90 Å². The van der Waals surface area contributed by atoms with E-state index in [1.54, 1.807) is 17.0 Å². The normalized spacial score (nSPS) is 18.5. The zero-order valence-corrected chi connectivity index (χ0v) is 15.1. The standard InChI is InChI=1S/C15H22N4O3.2ClH/c20-14(12-17-5-3-16-4-6-17)18-7-9-19(10-8-18)15(21)13-2-1-11-22-13;;/h1-2,11,16H,3-10,12H2;2*1H. The van der Waals surface area contributed by atoms with Gasteiger partial charge < -0.3 is 19.5 Å². The first-order valence-electron chi connectivity index (χ1n) is 7.77. The molecule has 3 heterocycles. The number of hydrogen-bond donors (Lipinski definition) is 1. The van der Waals surface area contributed by atoms with Crippen LogP contribution in [0, 0.1) is 0 Å². The van der Waals surface area contributed by atoms with E-state index in [2.05, 4.69) is 10.2 Å². The Morgan fingerprint density at radius 2 is 1.62 bits per heavy atom. The van der Waals surface area contributed by atoms with Crippen molar-refractivity contribution in [3.8, 4) is 0 Å². The van der Waals surface area contributed by atoms with Gasteiger partial charge in [-0.2, -0.15) is 0 Å². The van der Waals surface area contributed by atoms with Crippen LogP contribution in [0.4, 0.5) is 0 Å². The number of amides is 2. The Kier molecular flexibility index (Phi) is 8.55. The Bertz CT molecular complexity index is 513. The zero-order valence-electron chi connectivity index (χ0n) is 13.5. The summed E-state index contributed by atoms with van der Waals surface area (Å²) in [6.07, 6.45) is 1.50. The fourth-order valence-corrected chi connectivity index (χ4v) is 2.88. The molecular formula is C15H24Cl2N4O3. The zero-order chi connectivity index (χ0) is 15.4. The minimum atomic E-state index is -0.0980. The van der Waals surface area contributed by atoms with Gasteiger partial charge in [-0.1, -0.05) is 0 Å². The van der Waals surface area contributed by atoms with Crippen molar-refractivity contribution in [2.75, 3.05) is 58.9 Å². The van der Waals surface area contributed by atoms with E-state index in [0.717, 1.165) is 26.2 Å². The van der Waals surface area contributed by atoms with Crippen LogP contribution in [0.5, 0.6) is 0 Å². The van der Waals surface area contributed by atoms with Gasteiger partial charge in [0.2, 0.25) is 5.91 Å². The highest BCUT2D eigenvalue weighted by atomic mass is 35.5. The first-order valence-corrected chi connectivity index (χ1v) is 7.77. The van der Waals surface area contributed by atoms with Crippen LogP contribution in [0.3, 0.4) is 0 Å². The molecular weight excluding hydrogens is 355 g/mol. The molecule has 1 N–H and O–H groups in total. The van der Waals surface area contributed by atoms with E-state index < -0.39 is 0 Å². The average molecular weight is 379 g/mol. The van der Waals surface area contributed by atoms with Gasteiger partial charge in [-0.3, -0.25) is 14.5 Å². The SMILES string of the molecule is Cl.Cl.O=C(CN1CCNCC1)N1CCN(C(=O)c2ccco2)CC1. The molecule has 2 aliphatic heterocycles. The molecule has 0 spiro atoms. The second kappa shape index (κ2) is 9.88. The lowest BCUT2D eigenvalue weighted by atomic mass is 10.2. The van der Waals surface area contributed by atoms with Crippen molar-refractivity contribution in [1.29, 1.82) is 0 Å². The Balaban J connectivity index is 0.00000144. The summed E-state index contributed by atoms with van der Waals surface area (Å²) in [7, 11) is 0. The summed E-state index contributed by atoms with van der Waals surface area (Å²) < 4.78 is 5.14. The molecule has 0 atom stereocenters. The van der Waals surface area contributed by atoms with Gasteiger partial charge in [0.05, 0.1) is 12.8 Å². The van der Waals surface area contributed by atoms with Gasteiger partial charge in [0.15, 0.2) is 5.76 Å². The molecule has 7 nitrogen and oxygen atoms in total. The summed E-state index contributed by atoms with van der Waals surface area (Å²) in [5.74, 6) is 0.423. The molecule has 0 saturated carbocycles. The maximum Gasteiger partial charge on any atom is 0.289 e. The van der Waals surface area contributed by atoms with Crippen molar-refractivity contribution in [3.63, 3.8) is 0 Å². The number of halogens is 2. The Morgan fingerprint density at radius 1 is 1.00 bits per heavy atom. The lowest BCUT2D eigenvalue weighted by molar-refractivity contribution is -0.134. The molecule has 136 valence electrons. The number of nitrogens with zero attached hydrogens (tertiary/aromatic N) is 3. The van der Waals surface area contributed by atoms with E-state index in [1.165, 1.54) is 6.26 Å². The van der Waals surface area contributed by atoms with Crippen LogP contribution in [-0.4, -0.2) is 85.4 Å². The van der Waals surface area contributed by atoms with Crippen molar-refractivity contribution in [2.45, 2.75) is 0 Å². The highest BCUT2D eigenvalue weighted by molar-refractivity contribution is 5.91. The van der Waals surface area contributed by atoms with Crippen LogP contribution in [0.1, 0.15) is 10.6 Å². The topological polar surface area (TPSA) is 69.0 Å². The van der Waals surface area contributed by atoms with Crippen LogP contribution in [-0.2, 0) is 4.79 Å². The van der Waals surface area contributed by atoms with Crippen molar-refractivity contribution >= 4 is 36.6 Å². The summed E-state index contributed by atoms with van der Waals surface area (Å²) in [6, 6.07) is 3.38. The molecule has 2 fully saturated rings. The van der Waals surface area contributed by atoms with Crippen LogP contribution < -0.4 is 5.32 Å². The highest BCUT2D eigenvalue weighted by Crippen LogP contribution is 2.10. The van der Waals surface area contributed by atoms with Crippen molar-refractivity contribution < 1.29 is 14.0 Å². The largest absolute Gasteiger partial charge is 0.459 e. The Labute approximate surface area is 154 Å². The molecule has 0 aromatic carbocycles. The van der Waals surface area contributed by atoms with E-state index in [0.29, 0.717) is 38.5 Å². The van der Waals surface area contributed by atoms with Gasteiger partial charge in [-0.15, -0.1) is 24.8 Å². The maximum atomic E-state index is 12.3. The summed E-state index contributed by atoms with van der Waals surface area (Å²) in [4.78, 5) is 30.3. The number of piperazine rings is 2. The summed E-state index contributed by atoms with van der Waals surface area (Å²) in [6.45, 7) is 6.52. The summed E-state index contributed by atoms with van der Waals surface area (Å²) in [5, 5.41) is 3.28. The molecule has 24 heavy (non-hydrogen) atoms. The molecule has 0 radical (unpaired) electrons. The molecule has 2 saturated heterocycles. The smallest absolute Gasteiger partial charge is 0.289 e. The lowest BCUT2D eigenvalue weighted by Gasteiger charge is -2.36. The molecule has 2 amide bonds. The first kappa shape index (κ1) is 20.8. The van der Waals surface area contributed by atoms with Gasteiger partial charge in [0, 0.05) is 52.4 Å². The van der Waals surface area contributed by atoms with Gasteiger partial charge >= 0.3 is 0 Å². The fraction of sp³-hybridized carbons (Fsp3) is 0.600. The van der Waals surface area contributed by atoms with Crippen LogP contribution >= 0.6 is 24.8 Å². The molecule has 9 heteroatoms. The lowest BCUT2D eigenvalue weighted by Crippen LogP contribution is -2.54. The molecule has 0 aliphatic carbocycles. The van der Waals surface area contributed by atoms with Gasteiger partial charge in [-0.05, 0) is 12.1 Å². The van der Waals surface area contributed by atoms with Gasteiger partial charge in [0.1, 0.15) is 0 Å². The van der Waals surface area contributed by atoms with E-state index in [9.17, 15) is 9.59 Å². The van der Waals surface area contributed by atoms with Gasteiger partial charge in [-0.25, -0.2) is 0 Å². The van der Waals surface area contributed by atoms with Crippen LogP contribution in [0.25, 0.3) is 0 Å². The minimum absolute atomic E-state index is 0. The van der Waals surface area contributed by atoms with E-state index in [4.69, 9.17) is 4.42 Å². The van der Waals surface area contributed by atoms with Gasteiger partial charge in [0.25, 0.3) is 5.91 Å². The second-order valence-corrected chi connectivity index (χ2v) is 5.68. The molecule has 1 aromatic rings. The number of nitrogens with one attached hydrogen (secondary N) is 1. The molecule has 2 aliphatic rings. The van der Waals surface area contributed by atoms with Crippen molar-refractivity contribution in [2.24, 2.45) is 0 Å². The average Bonchev–Trinajstić information content (AvgIpc) is 3.10. The fourth-order valence-electron chi connectivity index (χ4n) is 2.88. The monoisotopic (exact) mass is 378 g/mol. The quantitative estimate of drug-likeness (QED) is 0.819.